The van der Waals surface area contributed by atoms with E-state index in [0.717, 1.165) is 19.3 Å². The summed E-state index contributed by atoms with van der Waals surface area (Å²) < 4.78 is 54.0. The van der Waals surface area contributed by atoms with Crippen molar-refractivity contribution in [2.24, 2.45) is 5.92 Å². The molecule has 4 aliphatic rings. The summed E-state index contributed by atoms with van der Waals surface area (Å²) in [4.78, 5) is 20.8. The van der Waals surface area contributed by atoms with Crippen molar-refractivity contribution in [3.05, 3.63) is 16.4 Å². The van der Waals surface area contributed by atoms with E-state index in [2.05, 4.69) is 4.98 Å². The number of fused-ring (bicyclic) bond motifs is 3. The van der Waals surface area contributed by atoms with Gasteiger partial charge in [0.05, 0.1) is 18.8 Å². The highest BCUT2D eigenvalue weighted by Crippen LogP contribution is 2.37. The third kappa shape index (κ3) is 3.68. The molecule has 3 fully saturated rings. The Labute approximate surface area is 172 Å². The lowest BCUT2D eigenvalue weighted by Gasteiger charge is -2.40. The Morgan fingerprint density at radius 2 is 2.00 bits per heavy atom. The van der Waals surface area contributed by atoms with Crippen LogP contribution in [0, 0.1) is 5.92 Å². The molecule has 0 radical (unpaired) electrons. The van der Waals surface area contributed by atoms with Crippen molar-refractivity contribution in [2.75, 3.05) is 42.7 Å². The summed E-state index contributed by atoms with van der Waals surface area (Å²) in [5.74, 6) is 0.965. The maximum Gasteiger partial charge on any atom is 0.408 e. The number of aromatic nitrogens is 2. The van der Waals surface area contributed by atoms with E-state index < -0.39 is 12.2 Å². The Bertz CT molecular complexity index is 840. The molecular formula is C20H27F3N4O3. The minimum absolute atomic E-state index is 0.0363. The van der Waals surface area contributed by atoms with Crippen molar-refractivity contribution in [3.8, 4) is 0 Å². The van der Waals surface area contributed by atoms with Crippen LogP contribution in [-0.2, 0) is 16.0 Å². The zero-order valence-corrected chi connectivity index (χ0v) is 16.8. The highest BCUT2D eigenvalue weighted by atomic mass is 19.4. The van der Waals surface area contributed by atoms with E-state index >= 15 is 0 Å². The first-order chi connectivity index (χ1) is 14.4. The Kier molecular flexibility index (Phi) is 5.17. The lowest BCUT2D eigenvalue weighted by atomic mass is 9.96. The van der Waals surface area contributed by atoms with E-state index in [1.807, 2.05) is 4.90 Å². The molecule has 10 heteroatoms. The van der Waals surface area contributed by atoms with Crippen molar-refractivity contribution in [2.45, 2.75) is 63.0 Å². The number of alkyl halides is 3. The molecule has 166 valence electrons. The number of hydrogen-bond donors (Lipinski definition) is 0. The van der Waals surface area contributed by atoms with Gasteiger partial charge in [0, 0.05) is 38.9 Å². The highest BCUT2D eigenvalue weighted by Gasteiger charge is 2.47. The Morgan fingerprint density at radius 3 is 2.67 bits per heavy atom. The van der Waals surface area contributed by atoms with E-state index in [-0.39, 0.29) is 43.2 Å². The molecule has 3 unspecified atom stereocenters. The van der Waals surface area contributed by atoms with Gasteiger partial charge in [-0.05, 0) is 38.0 Å². The molecule has 0 saturated carbocycles. The molecule has 5 rings (SSSR count). The predicted octanol–water partition coefficient (Wildman–Crippen LogP) is 2.18. The van der Waals surface area contributed by atoms with Gasteiger partial charge in [0.25, 0.3) is 5.56 Å². The number of ether oxygens (including phenoxy) is 2. The topological polar surface area (TPSA) is 59.8 Å². The van der Waals surface area contributed by atoms with E-state index in [4.69, 9.17) is 9.47 Å². The summed E-state index contributed by atoms with van der Waals surface area (Å²) >= 11 is 0. The molecule has 0 amide bonds. The van der Waals surface area contributed by atoms with Gasteiger partial charge in [0.2, 0.25) is 5.95 Å². The van der Waals surface area contributed by atoms with Crippen molar-refractivity contribution in [1.82, 2.24) is 9.55 Å². The second-order valence-corrected chi connectivity index (χ2v) is 8.79. The van der Waals surface area contributed by atoms with Crippen LogP contribution >= 0.6 is 0 Å². The predicted molar refractivity (Wildman–Crippen MR) is 104 cm³/mol. The van der Waals surface area contributed by atoms with Gasteiger partial charge in [0.15, 0.2) is 0 Å². The van der Waals surface area contributed by atoms with Gasteiger partial charge < -0.3 is 19.3 Å². The smallest absolute Gasteiger partial charge is 0.381 e. The van der Waals surface area contributed by atoms with Gasteiger partial charge in [-0.15, -0.1) is 0 Å². The molecule has 30 heavy (non-hydrogen) atoms. The van der Waals surface area contributed by atoms with Gasteiger partial charge in [-0.25, -0.2) is 0 Å². The fraction of sp³-hybridized carbons (Fsp3) is 0.800. The molecule has 4 aliphatic heterocycles. The fourth-order valence-electron chi connectivity index (χ4n) is 5.24. The van der Waals surface area contributed by atoms with Crippen LogP contribution in [0.5, 0.6) is 0 Å². The molecule has 3 atom stereocenters. The maximum absolute atomic E-state index is 13.9. The van der Waals surface area contributed by atoms with Gasteiger partial charge in [-0.3, -0.25) is 9.36 Å². The van der Waals surface area contributed by atoms with Gasteiger partial charge >= 0.3 is 6.18 Å². The van der Waals surface area contributed by atoms with Gasteiger partial charge in [-0.1, -0.05) is 0 Å². The van der Waals surface area contributed by atoms with Crippen molar-refractivity contribution in [3.63, 3.8) is 0 Å². The normalized spacial score (nSPS) is 29.5. The zero-order chi connectivity index (χ0) is 20.9. The van der Waals surface area contributed by atoms with E-state index in [9.17, 15) is 18.0 Å². The molecule has 1 aromatic heterocycles. The zero-order valence-electron chi connectivity index (χ0n) is 16.8. The highest BCUT2D eigenvalue weighted by molar-refractivity contribution is 5.49. The SMILES string of the molecule is O=c1cc(N2CC3CC2CO3)nc2n1CCC(C(F)(F)F)N2CCC1CCOCC1. The van der Waals surface area contributed by atoms with Crippen molar-refractivity contribution < 1.29 is 22.6 Å². The Balaban J connectivity index is 1.46. The van der Waals surface area contributed by atoms with Crippen molar-refractivity contribution in [1.29, 1.82) is 0 Å². The summed E-state index contributed by atoms with van der Waals surface area (Å²) in [5, 5.41) is 0. The van der Waals surface area contributed by atoms with Crippen LogP contribution in [0.4, 0.5) is 24.9 Å². The average Bonchev–Trinajstić information content (AvgIpc) is 3.35. The third-order valence-electron chi connectivity index (χ3n) is 6.93. The van der Waals surface area contributed by atoms with Gasteiger partial charge in [0.1, 0.15) is 11.9 Å². The molecule has 7 nitrogen and oxygen atoms in total. The molecule has 1 aromatic rings. The second kappa shape index (κ2) is 7.71. The second-order valence-electron chi connectivity index (χ2n) is 8.79. The molecule has 2 bridgehead atoms. The van der Waals surface area contributed by atoms with E-state index in [1.54, 1.807) is 0 Å². The number of halogens is 3. The number of nitrogens with zero attached hydrogens (tertiary/aromatic N) is 4. The Hall–Kier alpha value is -1.81. The summed E-state index contributed by atoms with van der Waals surface area (Å²) in [5.41, 5.74) is -0.282. The summed E-state index contributed by atoms with van der Waals surface area (Å²) in [6.45, 7) is 2.79. The van der Waals surface area contributed by atoms with Crippen LogP contribution in [-0.4, -0.2) is 66.8 Å². The molecule has 5 heterocycles. The molecule has 0 aliphatic carbocycles. The van der Waals surface area contributed by atoms with Crippen LogP contribution in [0.2, 0.25) is 0 Å². The number of rotatable bonds is 4. The van der Waals surface area contributed by atoms with Crippen LogP contribution in [0.25, 0.3) is 0 Å². The first kappa shape index (κ1) is 20.1. The maximum atomic E-state index is 13.9. The largest absolute Gasteiger partial charge is 0.408 e. The van der Waals surface area contributed by atoms with E-state index in [1.165, 1.54) is 15.5 Å². The molecule has 3 saturated heterocycles. The average molecular weight is 428 g/mol. The standard InChI is InChI=1S/C20H27F3N4O3/c21-20(22,23)16-2-6-26-18(28)10-17(27-11-15-9-14(27)12-30-15)24-19(26)25(16)5-1-13-3-7-29-8-4-13/h10,13-16H,1-9,11-12H2. The fourth-order valence-corrected chi connectivity index (χ4v) is 5.24. The Morgan fingerprint density at radius 1 is 1.20 bits per heavy atom. The quantitative estimate of drug-likeness (QED) is 0.733. The molecule has 0 spiro atoms. The lowest BCUT2D eigenvalue weighted by Crippen LogP contribution is -2.53. The summed E-state index contributed by atoms with van der Waals surface area (Å²) in [6, 6.07) is -0.00473. The molecular weight excluding hydrogens is 401 g/mol. The minimum atomic E-state index is -4.37. The number of anilines is 2. The molecule has 0 N–H and O–H groups in total. The monoisotopic (exact) mass is 428 g/mol. The van der Waals surface area contributed by atoms with Crippen LogP contribution in [0.1, 0.15) is 32.1 Å². The first-order valence-electron chi connectivity index (χ1n) is 10.8. The minimum Gasteiger partial charge on any atom is -0.381 e. The summed E-state index contributed by atoms with van der Waals surface area (Å²) in [7, 11) is 0. The van der Waals surface area contributed by atoms with Crippen molar-refractivity contribution >= 4 is 11.8 Å². The number of morpholine rings is 1. The third-order valence-corrected chi connectivity index (χ3v) is 6.93. The summed E-state index contributed by atoms with van der Waals surface area (Å²) in [6.07, 6.45) is -1.15. The van der Waals surface area contributed by atoms with E-state index in [0.29, 0.717) is 44.5 Å². The first-order valence-corrected chi connectivity index (χ1v) is 10.8. The van der Waals surface area contributed by atoms with Gasteiger partial charge in [-0.2, -0.15) is 18.2 Å². The van der Waals surface area contributed by atoms with Crippen LogP contribution < -0.4 is 15.4 Å². The number of hydrogen-bond acceptors (Lipinski definition) is 6. The molecule has 0 aromatic carbocycles. The van der Waals surface area contributed by atoms with Crippen LogP contribution in [0.3, 0.4) is 0 Å². The van der Waals surface area contributed by atoms with Crippen LogP contribution in [0.15, 0.2) is 10.9 Å². The lowest BCUT2D eigenvalue weighted by molar-refractivity contribution is -0.152.